The van der Waals surface area contributed by atoms with Crippen molar-refractivity contribution in [2.75, 3.05) is 50.0 Å². The minimum atomic E-state index is -0.334. The van der Waals surface area contributed by atoms with Gasteiger partial charge in [0.2, 0.25) is 17.8 Å². The van der Waals surface area contributed by atoms with Gasteiger partial charge in [-0.15, -0.1) is 10.2 Å². The van der Waals surface area contributed by atoms with Gasteiger partial charge in [0, 0.05) is 26.2 Å². The van der Waals surface area contributed by atoms with Crippen LogP contribution in [0.2, 0.25) is 0 Å². The van der Waals surface area contributed by atoms with Gasteiger partial charge in [0.05, 0.1) is 30.6 Å². The summed E-state index contributed by atoms with van der Waals surface area (Å²) in [5.74, 6) is 0.395. The quantitative estimate of drug-likeness (QED) is 0.668. The number of rotatable bonds is 6. The van der Waals surface area contributed by atoms with Gasteiger partial charge < -0.3 is 20.3 Å². The number of carbonyl (C=O) groups excluding carboxylic acids is 2. The molecule has 0 spiro atoms. The SMILES string of the molecule is Cc1ccccc1-n1c(SCC(=O)N2CCCC(C(N)=O)C2)nnc1N1CCOCC1. The van der Waals surface area contributed by atoms with E-state index in [1.807, 2.05) is 22.8 Å². The van der Waals surface area contributed by atoms with Crippen molar-refractivity contribution in [3.8, 4) is 5.69 Å². The molecule has 0 bridgehead atoms. The van der Waals surface area contributed by atoms with Crippen molar-refractivity contribution >= 4 is 29.5 Å². The molecular formula is C21H28N6O3S. The number of ether oxygens (including phenoxy) is 1. The highest BCUT2D eigenvalue weighted by atomic mass is 32.2. The number of piperidine rings is 1. The summed E-state index contributed by atoms with van der Waals surface area (Å²) in [6.45, 7) is 5.90. The highest BCUT2D eigenvalue weighted by Gasteiger charge is 2.28. The maximum absolute atomic E-state index is 12.8. The molecular weight excluding hydrogens is 416 g/mol. The molecule has 2 aromatic rings. The van der Waals surface area contributed by atoms with E-state index in [1.54, 1.807) is 4.90 Å². The first kappa shape index (κ1) is 21.6. The summed E-state index contributed by atoms with van der Waals surface area (Å²) in [7, 11) is 0. The van der Waals surface area contributed by atoms with Crippen LogP contribution in [0.5, 0.6) is 0 Å². The Morgan fingerprint density at radius 3 is 2.71 bits per heavy atom. The molecule has 31 heavy (non-hydrogen) atoms. The number of benzene rings is 1. The van der Waals surface area contributed by atoms with Gasteiger partial charge in [-0.1, -0.05) is 30.0 Å². The molecule has 1 aromatic carbocycles. The molecule has 1 unspecified atom stereocenters. The van der Waals surface area contributed by atoms with Gasteiger partial charge >= 0.3 is 0 Å². The lowest BCUT2D eigenvalue weighted by atomic mass is 9.97. The third kappa shape index (κ3) is 4.85. The Morgan fingerprint density at radius 2 is 1.97 bits per heavy atom. The normalized spacial score (nSPS) is 19.5. The molecule has 3 heterocycles. The molecule has 2 saturated heterocycles. The molecule has 0 radical (unpaired) electrons. The number of aromatic nitrogens is 3. The number of anilines is 1. The predicted molar refractivity (Wildman–Crippen MR) is 118 cm³/mol. The summed E-state index contributed by atoms with van der Waals surface area (Å²) in [5.41, 5.74) is 7.55. The lowest BCUT2D eigenvalue weighted by Gasteiger charge is -2.31. The highest BCUT2D eigenvalue weighted by molar-refractivity contribution is 7.99. The zero-order chi connectivity index (χ0) is 21.8. The first-order valence-electron chi connectivity index (χ1n) is 10.6. The molecule has 2 amide bonds. The zero-order valence-electron chi connectivity index (χ0n) is 17.7. The van der Waals surface area contributed by atoms with E-state index >= 15 is 0 Å². The van der Waals surface area contributed by atoms with Crippen molar-refractivity contribution in [2.24, 2.45) is 11.7 Å². The number of aryl methyl sites for hydroxylation is 1. The molecule has 166 valence electrons. The smallest absolute Gasteiger partial charge is 0.233 e. The van der Waals surface area contributed by atoms with E-state index in [1.165, 1.54) is 11.8 Å². The molecule has 2 aliphatic heterocycles. The van der Waals surface area contributed by atoms with Crippen molar-refractivity contribution < 1.29 is 14.3 Å². The Balaban J connectivity index is 1.54. The van der Waals surface area contributed by atoms with Crippen LogP contribution in [0.1, 0.15) is 18.4 Å². The van der Waals surface area contributed by atoms with Gasteiger partial charge in [-0.25, -0.2) is 0 Å². The summed E-state index contributed by atoms with van der Waals surface area (Å²) >= 11 is 1.37. The van der Waals surface area contributed by atoms with Crippen molar-refractivity contribution in [3.63, 3.8) is 0 Å². The fraction of sp³-hybridized carbons (Fsp3) is 0.524. The van der Waals surface area contributed by atoms with Crippen LogP contribution in [0.3, 0.4) is 0 Å². The van der Waals surface area contributed by atoms with Crippen LogP contribution in [0.15, 0.2) is 29.4 Å². The molecule has 0 saturated carbocycles. The number of hydrogen-bond donors (Lipinski definition) is 1. The fourth-order valence-corrected chi connectivity index (χ4v) is 4.85. The zero-order valence-corrected chi connectivity index (χ0v) is 18.5. The second kappa shape index (κ2) is 9.69. The van der Waals surface area contributed by atoms with E-state index < -0.39 is 0 Å². The number of carbonyl (C=O) groups is 2. The third-order valence-electron chi connectivity index (χ3n) is 5.77. The summed E-state index contributed by atoms with van der Waals surface area (Å²) in [6.07, 6.45) is 1.54. The maximum atomic E-state index is 12.8. The molecule has 9 nitrogen and oxygen atoms in total. The first-order chi connectivity index (χ1) is 15.0. The van der Waals surface area contributed by atoms with Crippen LogP contribution >= 0.6 is 11.8 Å². The van der Waals surface area contributed by atoms with E-state index in [0.717, 1.165) is 43.1 Å². The number of thioether (sulfide) groups is 1. The van der Waals surface area contributed by atoms with Gasteiger partial charge in [0.1, 0.15) is 0 Å². The minimum absolute atomic E-state index is 0.0109. The number of likely N-dealkylation sites (tertiary alicyclic amines) is 1. The van der Waals surface area contributed by atoms with Crippen LogP contribution in [-0.2, 0) is 14.3 Å². The largest absolute Gasteiger partial charge is 0.378 e. The summed E-state index contributed by atoms with van der Waals surface area (Å²) in [6, 6.07) is 8.08. The van der Waals surface area contributed by atoms with Gasteiger partial charge in [-0.3, -0.25) is 14.2 Å². The highest BCUT2D eigenvalue weighted by Crippen LogP contribution is 2.29. The molecule has 0 aliphatic carbocycles. The van der Waals surface area contributed by atoms with E-state index in [2.05, 4.69) is 28.1 Å². The predicted octanol–water partition coefficient (Wildman–Crippen LogP) is 1.23. The monoisotopic (exact) mass is 444 g/mol. The molecule has 1 aromatic heterocycles. The Labute approximate surface area is 185 Å². The average Bonchev–Trinajstić information content (AvgIpc) is 3.22. The number of primary amides is 1. The van der Waals surface area contributed by atoms with Crippen LogP contribution in [0, 0.1) is 12.8 Å². The van der Waals surface area contributed by atoms with Crippen LogP contribution in [0.25, 0.3) is 5.69 Å². The van der Waals surface area contributed by atoms with Crippen LogP contribution in [-0.4, -0.2) is 76.6 Å². The number of morpholine rings is 1. The molecule has 2 fully saturated rings. The fourth-order valence-electron chi connectivity index (χ4n) is 4.00. The average molecular weight is 445 g/mol. The Hall–Kier alpha value is -2.59. The Bertz CT molecular complexity index is 943. The lowest BCUT2D eigenvalue weighted by Crippen LogP contribution is -2.44. The number of amides is 2. The second-order valence-electron chi connectivity index (χ2n) is 7.87. The van der Waals surface area contributed by atoms with E-state index in [0.29, 0.717) is 31.5 Å². The van der Waals surface area contributed by atoms with Crippen molar-refractivity contribution in [3.05, 3.63) is 29.8 Å². The molecule has 1 atom stereocenters. The van der Waals surface area contributed by atoms with Crippen molar-refractivity contribution in [1.29, 1.82) is 0 Å². The van der Waals surface area contributed by atoms with Gasteiger partial charge in [-0.05, 0) is 31.4 Å². The first-order valence-corrected chi connectivity index (χ1v) is 11.6. The lowest BCUT2D eigenvalue weighted by molar-refractivity contribution is -0.132. The molecule has 10 heteroatoms. The van der Waals surface area contributed by atoms with Crippen LogP contribution in [0.4, 0.5) is 5.95 Å². The summed E-state index contributed by atoms with van der Waals surface area (Å²) < 4.78 is 7.51. The number of para-hydroxylation sites is 1. The van der Waals surface area contributed by atoms with Crippen LogP contribution < -0.4 is 10.6 Å². The summed E-state index contributed by atoms with van der Waals surface area (Å²) in [4.78, 5) is 28.3. The molecule has 2 aliphatic rings. The van der Waals surface area contributed by atoms with Gasteiger partial charge in [-0.2, -0.15) is 0 Å². The van der Waals surface area contributed by atoms with Gasteiger partial charge in [0.25, 0.3) is 0 Å². The van der Waals surface area contributed by atoms with E-state index in [9.17, 15) is 9.59 Å². The number of nitrogens with zero attached hydrogens (tertiary/aromatic N) is 5. The Kier molecular flexibility index (Phi) is 6.77. The minimum Gasteiger partial charge on any atom is -0.378 e. The van der Waals surface area contributed by atoms with Crippen molar-refractivity contribution in [1.82, 2.24) is 19.7 Å². The van der Waals surface area contributed by atoms with Gasteiger partial charge in [0.15, 0.2) is 5.16 Å². The maximum Gasteiger partial charge on any atom is 0.233 e. The number of hydrogen-bond acceptors (Lipinski definition) is 7. The molecule has 4 rings (SSSR count). The standard InChI is InChI=1S/C21H28N6O3S/c1-15-5-2-3-7-17(15)27-20(25-9-11-30-12-10-25)23-24-21(27)31-14-18(28)26-8-4-6-16(13-26)19(22)29/h2-3,5,7,16H,4,6,8-14H2,1H3,(H2,22,29). The molecule has 2 N–H and O–H groups in total. The number of nitrogens with two attached hydrogens (primary N) is 1. The Morgan fingerprint density at radius 1 is 1.19 bits per heavy atom. The third-order valence-corrected chi connectivity index (χ3v) is 6.68. The van der Waals surface area contributed by atoms with E-state index in [4.69, 9.17) is 10.5 Å². The topological polar surface area (TPSA) is 107 Å². The summed E-state index contributed by atoms with van der Waals surface area (Å²) in [5, 5.41) is 9.55. The second-order valence-corrected chi connectivity index (χ2v) is 8.82. The van der Waals surface area contributed by atoms with Crippen molar-refractivity contribution in [2.45, 2.75) is 24.9 Å². The van der Waals surface area contributed by atoms with E-state index in [-0.39, 0.29) is 23.5 Å².